The summed E-state index contributed by atoms with van der Waals surface area (Å²) in [6, 6.07) is 9.97. The second-order valence-electron chi connectivity index (χ2n) is 5.53. The molecular formula is C16H15N3OS2. The molecule has 0 saturated heterocycles. The summed E-state index contributed by atoms with van der Waals surface area (Å²) < 4.78 is 12.4. The number of para-hydroxylation sites is 1. The smallest absolute Gasteiger partial charge is 0.130 e. The lowest BCUT2D eigenvalue weighted by molar-refractivity contribution is 0.682. The minimum atomic E-state index is -0.990. The van der Waals surface area contributed by atoms with Crippen LogP contribution in [0, 0.1) is 0 Å². The first-order valence-electron chi connectivity index (χ1n) is 7.29. The highest BCUT2D eigenvalue weighted by atomic mass is 32.2. The van der Waals surface area contributed by atoms with Crippen LogP contribution in [-0.4, -0.2) is 19.4 Å². The van der Waals surface area contributed by atoms with Gasteiger partial charge in [0.15, 0.2) is 0 Å². The Labute approximate surface area is 135 Å². The Morgan fingerprint density at radius 1 is 1.14 bits per heavy atom. The zero-order valence-electron chi connectivity index (χ0n) is 11.9. The largest absolute Gasteiger partial charge is 0.259 e. The lowest BCUT2D eigenvalue weighted by Crippen LogP contribution is -2.00. The zero-order chi connectivity index (χ0) is 14.9. The summed E-state index contributed by atoms with van der Waals surface area (Å²) in [5.41, 5.74) is 1.97. The Balaban J connectivity index is 1.50. The zero-order valence-corrected chi connectivity index (χ0v) is 13.6. The molecule has 0 spiro atoms. The molecule has 1 unspecified atom stereocenters. The van der Waals surface area contributed by atoms with Crippen LogP contribution in [-0.2, 0) is 22.3 Å². The third-order valence-electron chi connectivity index (χ3n) is 3.73. The average molecular weight is 329 g/mol. The molecule has 2 aromatic heterocycles. The first-order valence-corrected chi connectivity index (χ1v) is 9.60. The molecule has 1 aliphatic rings. The maximum Gasteiger partial charge on any atom is 0.130 e. The van der Waals surface area contributed by atoms with Gasteiger partial charge in [0.05, 0.1) is 17.0 Å². The Hall–Kier alpha value is -1.66. The molecule has 0 N–H and O–H groups in total. The van der Waals surface area contributed by atoms with Crippen molar-refractivity contribution in [3.05, 3.63) is 52.1 Å². The van der Waals surface area contributed by atoms with Gasteiger partial charge in [-0.1, -0.05) is 24.3 Å². The summed E-state index contributed by atoms with van der Waals surface area (Å²) in [5, 5.41) is 11.5. The molecule has 1 saturated carbocycles. The van der Waals surface area contributed by atoms with E-state index in [1.165, 1.54) is 12.8 Å². The van der Waals surface area contributed by atoms with E-state index in [-0.39, 0.29) is 0 Å². The normalized spacial score (nSPS) is 16.0. The van der Waals surface area contributed by atoms with Crippen LogP contribution in [0.15, 0.2) is 36.5 Å². The van der Waals surface area contributed by atoms with Crippen LogP contribution in [0.4, 0.5) is 0 Å². The van der Waals surface area contributed by atoms with E-state index in [1.807, 2.05) is 30.3 Å². The molecule has 0 amide bonds. The molecule has 1 fully saturated rings. The van der Waals surface area contributed by atoms with Gasteiger partial charge in [-0.2, -0.15) is 0 Å². The fourth-order valence-electron chi connectivity index (χ4n) is 2.47. The van der Waals surface area contributed by atoms with Crippen molar-refractivity contribution < 1.29 is 4.21 Å². The maximum atomic E-state index is 12.4. The maximum absolute atomic E-state index is 12.4. The van der Waals surface area contributed by atoms with E-state index in [0.29, 0.717) is 17.4 Å². The van der Waals surface area contributed by atoms with Crippen molar-refractivity contribution in [2.75, 3.05) is 0 Å². The third kappa shape index (κ3) is 2.94. The van der Waals surface area contributed by atoms with Crippen LogP contribution in [0.1, 0.15) is 34.3 Å². The van der Waals surface area contributed by atoms with Gasteiger partial charge in [0.25, 0.3) is 0 Å². The van der Waals surface area contributed by atoms with E-state index in [4.69, 9.17) is 0 Å². The fourth-order valence-corrected chi connectivity index (χ4v) is 4.92. The monoisotopic (exact) mass is 329 g/mol. The number of hydrogen-bond donors (Lipinski definition) is 0. The van der Waals surface area contributed by atoms with Crippen LogP contribution in [0.3, 0.4) is 0 Å². The number of pyridine rings is 1. The Bertz CT molecular complexity index is 837. The molecule has 0 aliphatic heterocycles. The fraction of sp³-hybridized carbons (Fsp3) is 0.312. The van der Waals surface area contributed by atoms with Crippen molar-refractivity contribution in [1.29, 1.82) is 0 Å². The quantitative estimate of drug-likeness (QED) is 0.720. The number of rotatable bonds is 5. The number of aromatic nitrogens is 3. The average Bonchev–Trinajstić information content (AvgIpc) is 3.28. The molecule has 1 atom stereocenters. The first-order chi connectivity index (χ1) is 10.8. The van der Waals surface area contributed by atoms with Gasteiger partial charge in [-0.15, -0.1) is 21.5 Å². The van der Waals surface area contributed by atoms with E-state index in [0.717, 1.165) is 26.5 Å². The van der Waals surface area contributed by atoms with Crippen LogP contribution in [0.5, 0.6) is 0 Å². The summed E-state index contributed by atoms with van der Waals surface area (Å²) in [5.74, 6) is 1.60. The van der Waals surface area contributed by atoms with Crippen molar-refractivity contribution in [3.8, 4) is 0 Å². The number of hydrogen-bond acceptors (Lipinski definition) is 5. The molecule has 1 aromatic carbocycles. The van der Waals surface area contributed by atoms with Gasteiger partial charge in [0, 0.05) is 28.3 Å². The Kier molecular flexibility index (Phi) is 3.72. The van der Waals surface area contributed by atoms with Crippen LogP contribution < -0.4 is 0 Å². The van der Waals surface area contributed by atoms with Gasteiger partial charge in [-0.05, 0) is 24.5 Å². The molecule has 4 rings (SSSR count). The Morgan fingerprint density at radius 2 is 2.00 bits per heavy atom. The molecule has 3 aromatic rings. The van der Waals surface area contributed by atoms with Crippen molar-refractivity contribution in [1.82, 2.24) is 15.2 Å². The molecular weight excluding hydrogens is 314 g/mol. The number of benzene rings is 1. The lowest BCUT2D eigenvalue weighted by Gasteiger charge is -2.04. The number of nitrogens with zero attached hydrogens (tertiary/aromatic N) is 3. The summed E-state index contributed by atoms with van der Waals surface area (Å²) in [7, 11) is -0.990. The van der Waals surface area contributed by atoms with E-state index < -0.39 is 10.8 Å². The van der Waals surface area contributed by atoms with E-state index >= 15 is 0 Å². The van der Waals surface area contributed by atoms with Gasteiger partial charge < -0.3 is 0 Å². The summed E-state index contributed by atoms with van der Waals surface area (Å²) in [4.78, 5) is 4.42. The first kappa shape index (κ1) is 14.0. The van der Waals surface area contributed by atoms with Crippen LogP contribution in [0.2, 0.25) is 0 Å². The topological polar surface area (TPSA) is 55.7 Å². The second kappa shape index (κ2) is 5.85. The third-order valence-corrected chi connectivity index (χ3v) is 6.22. The summed E-state index contributed by atoms with van der Waals surface area (Å²) in [6.07, 6.45) is 4.22. The SMILES string of the molecule is O=S(Cc1nnc(C2CC2)s1)Cc1cccc2cccnc12. The van der Waals surface area contributed by atoms with Crippen molar-refractivity contribution in [3.63, 3.8) is 0 Å². The number of fused-ring (bicyclic) bond motifs is 1. The summed E-state index contributed by atoms with van der Waals surface area (Å²) >= 11 is 1.62. The van der Waals surface area contributed by atoms with E-state index in [2.05, 4.69) is 15.2 Å². The highest BCUT2D eigenvalue weighted by Crippen LogP contribution is 2.41. The van der Waals surface area contributed by atoms with Crippen molar-refractivity contribution >= 4 is 33.0 Å². The molecule has 1 aliphatic carbocycles. The predicted octanol–water partition coefficient (Wildman–Crippen LogP) is 3.41. The standard InChI is InChI=1S/C16H15N3OS2/c20-22(10-14-18-19-16(21-14)12-6-7-12)9-13-4-1-3-11-5-2-8-17-15(11)13/h1-5,8,12H,6-7,9-10H2. The predicted molar refractivity (Wildman–Crippen MR) is 89.2 cm³/mol. The highest BCUT2D eigenvalue weighted by Gasteiger charge is 2.27. The van der Waals surface area contributed by atoms with Crippen molar-refractivity contribution in [2.45, 2.75) is 30.3 Å². The van der Waals surface area contributed by atoms with Gasteiger partial charge in [-0.3, -0.25) is 9.19 Å². The van der Waals surface area contributed by atoms with Gasteiger partial charge in [0.2, 0.25) is 0 Å². The lowest BCUT2D eigenvalue weighted by atomic mass is 10.1. The Morgan fingerprint density at radius 3 is 2.86 bits per heavy atom. The van der Waals surface area contributed by atoms with Gasteiger partial charge in [-0.25, -0.2) is 0 Å². The molecule has 2 heterocycles. The summed E-state index contributed by atoms with van der Waals surface area (Å²) in [6.45, 7) is 0. The molecule has 0 radical (unpaired) electrons. The minimum absolute atomic E-state index is 0.480. The molecule has 6 heteroatoms. The van der Waals surface area contributed by atoms with Gasteiger partial charge in [0.1, 0.15) is 10.0 Å². The second-order valence-corrected chi connectivity index (χ2v) is 8.08. The molecule has 112 valence electrons. The highest BCUT2D eigenvalue weighted by molar-refractivity contribution is 7.83. The van der Waals surface area contributed by atoms with E-state index in [1.54, 1.807) is 17.5 Å². The minimum Gasteiger partial charge on any atom is -0.259 e. The van der Waals surface area contributed by atoms with E-state index in [9.17, 15) is 4.21 Å². The molecule has 4 nitrogen and oxygen atoms in total. The van der Waals surface area contributed by atoms with Gasteiger partial charge >= 0.3 is 0 Å². The van der Waals surface area contributed by atoms with Crippen LogP contribution >= 0.6 is 11.3 Å². The van der Waals surface area contributed by atoms with Crippen molar-refractivity contribution in [2.24, 2.45) is 0 Å². The molecule has 0 bridgehead atoms. The van der Waals surface area contributed by atoms with Crippen LogP contribution in [0.25, 0.3) is 10.9 Å². The molecule has 22 heavy (non-hydrogen) atoms.